The summed E-state index contributed by atoms with van der Waals surface area (Å²) < 4.78 is 0. The highest BCUT2D eigenvalue weighted by atomic mass is 35.5. The monoisotopic (exact) mass is 210 g/mol. The van der Waals surface area contributed by atoms with Crippen LogP contribution in [0.4, 0.5) is 5.69 Å². The first-order valence-electron chi connectivity index (χ1n) is 4.41. The molecule has 1 unspecified atom stereocenters. The van der Waals surface area contributed by atoms with Gasteiger partial charge in [0.2, 0.25) is 5.91 Å². The van der Waals surface area contributed by atoms with Crippen LogP contribution in [-0.2, 0) is 4.79 Å². The average molecular weight is 211 g/mol. The molecule has 14 heavy (non-hydrogen) atoms. The van der Waals surface area contributed by atoms with Gasteiger partial charge in [0.05, 0.1) is 0 Å². The minimum Gasteiger partial charge on any atom is -0.324 e. The lowest BCUT2D eigenvalue weighted by atomic mass is 10.1. The summed E-state index contributed by atoms with van der Waals surface area (Å²) >= 11 is 5.93. The molecule has 1 aromatic carbocycles. The third kappa shape index (κ3) is 1.29. The van der Waals surface area contributed by atoms with E-state index in [-0.39, 0.29) is 11.9 Å². The van der Waals surface area contributed by atoms with E-state index in [0.717, 1.165) is 16.8 Å². The topological polar surface area (TPSA) is 41.1 Å². The van der Waals surface area contributed by atoms with E-state index in [2.05, 4.69) is 10.6 Å². The van der Waals surface area contributed by atoms with Gasteiger partial charge in [-0.2, -0.15) is 0 Å². The third-order valence-electron chi connectivity index (χ3n) is 2.44. The van der Waals surface area contributed by atoms with Crippen molar-refractivity contribution < 1.29 is 4.79 Å². The summed E-state index contributed by atoms with van der Waals surface area (Å²) in [6.07, 6.45) is 0. The molecule has 74 valence electrons. The summed E-state index contributed by atoms with van der Waals surface area (Å²) in [7, 11) is 1.76. The lowest BCUT2D eigenvalue weighted by molar-refractivity contribution is -0.117. The fourth-order valence-electron chi connectivity index (χ4n) is 1.79. The molecule has 0 aromatic heterocycles. The number of carbonyl (C=O) groups is 1. The molecule has 1 heterocycles. The molecule has 0 fully saturated rings. The average Bonchev–Trinajstić information content (AvgIpc) is 2.41. The van der Waals surface area contributed by atoms with E-state index in [4.69, 9.17) is 11.6 Å². The van der Waals surface area contributed by atoms with Gasteiger partial charge in [-0.05, 0) is 31.7 Å². The van der Waals surface area contributed by atoms with Crippen LogP contribution in [0.25, 0.3) is 0 Å². The number of carbonyl (C=O) groups excluding carboxylic acids is 1. The Kier molecular flexibility index (Phi) is 2.21. The maximum Gasteiger partial charge on any atom is 0.246 e. The fourth-order valence-corrected chi connectivity index (χ4v) is 2.07. The van der Waals surface area contributed by atoms with E-state index >= 15 is 0 Å². The van der Waals surface area contributed by atoms with E-state index in [1.54, 1.807) is 7.05 Å². The number of aryl methyl sites for hydroxylation is 1. The van der Waals surface area contributed by atoms with Gasteiger partial charge in [-0.3, -0.25) is 4.79 Å². The molecule has 1 aliphatic heterocycles. The van der Waals surface area contributed by atoms with Gasteiger partial charge in [-0.15, -0.1) is 0 Å². The Hall–Kier alpha value is -1.06. The second-order valence-electron chi connectivity index (χ2n) is 3.40. The van der Waals surface area contributed by atoms with Crippen LogP contribution in [0.1, 0.15) is 17.2 Å². The number of anilines is 1. The minimum absolute atomic E-state index is 0.0205. The van der Waals surface area contributed by atoms with Gasteiger partial charge in [0.15, 0.2) is 0 Å². The Labute approximate surface area is 87.4 Å². The fraction of sp³-hybridized carbons (Fsp3) is 0.300. The first-order chi connectivity index (χ1) is 6.63. The van der Waals surface area contributed by atoms with Crippen LogP contribution in [-0.4, -0.2) is 13.0 Å². The quantitative estimate of drug-likeness (QED) is 0.743. The smallest absolute Gasteiger partial charge is 0.246 e. The van der Waals surface area contributed by atoms with Crippen LogP contribution in [0.15, 0.2) is 12.1 Å². The van der Waals surface area contributed by atoms with Crippen molar-refractivity contribution in [1.82, 2.24) is 5.32 Å². The van der Waals surface area contributed by atoms with Crippen LogP contribution in [0.3, 0.4) is 0 Å². The molecule has 1 atom stereocenters. The molecule has 1 amide bonds. The van der Waals surface area contributed by atoms with Crippen molar-refractivity contribution in [2.75, 3.05) is 12.4 Å². The molecule has 2 rings (SSSR count). The number of likely N-dealkylation sites (N-methyl/N-ethyl adjacent to an activating group) is 1. The van der Waals surface area contributed by atoms with Crippen molar-refractivity contribution >= 4 is 23.2 Å². The van der Waals surface area contributed by atoms with Gasteiger partial charge in [-0.25, -0.2) is 0 Å². The van der Waals surface area contributed by atoms with E-state index in [1.165, 1.54) is 0 Å². The highest BCUT2D eigenvalue weighted by Crippen LogP contribution is 2.35. The molecule has 0 aliphatic carbocycles. The predicted octanol–water partition coefficient (Wildman–Crippen LogP) is 1.86. The number of hydrogen-bond acceptors (Lipinski definition) is 2. The largest absolute Gasteiger partial charge is 0.324 e. The molecular formula is C10H11ClN2O. The molecule has 1 aromatic rings. The molecule has 3 nitrogen and oxygen atoms in total. The van der Waals surface area contributed by atoms with Gasteiger partial charge < -0.3 is 10.6 Å². The zero-order valence-electron chi connectivity index (χ0n) is 8.02. The Balaban J connectivity index is 2.58. The van der Waals surface area contributed by atoms with Gasteiger partial charge in [-0.1, -0.05) is 11.6 Å². The second kappa shape index (κ2) is 3.26. The number of hydrogen-bond donors (Lipinski definition) is 2. The molecule has 1 aliphatic rings. The van der Waals surface area contributed by atoms with Gasteiger partial charge in [0.1, 0.15) is 6.04 Å². The van der Waals surface area contributed by atoms with Crippen molar-refractivity contribution in [2.45, 2.75) is 13.0 Å². The molecule has 0 saturated heterocycles. The van der Waals surface area contributed by atoms with Crippen LogP contribution in [0.5, 0.6) is 0 Å². The number of halogens is 1. The zero-order valence-corrected chi connectivity index (χ0v) is 8.77. The summed E-state index contributed by atoms with van der Waals surface area (Å²) in [5.74, 6) is -0.0205. The second-order valence-corrected chi connectivity index (χ2v) is 3.83. The van der Waals surface area contributed by atoms with Crippen LogP contribution in [0.2, 0.25) is 5.02 Å². The van der Waals surface area contributed by atoms with Crippen molar-refractivity contribution in [3.05, 3.63) is 28.3 Å². The van der Waals surface area contributed by atoms with Crippen LogP contribution in [0, 0.1) is 6.92 Å². The molecule has 0 radical (unpaired) electrons. The summed E-state index contributed by atoms with van der Waals surface area (Å²) in [4.78, 5) is 11.5. The first-order valence-corrected chi connectivity index (χ1v) is 4.79. The summed E-state index contributed by atoms with van der Waals surface area (Å²) in [6.45, 7) is 1.93. The van der Waals surface area contributed by atoms with Crippen molar-refractivity contribution in [3.8, 4) is 0 Å². The Morgan fingerprint density at radius 1 is 1.50 bits per heavy atom. The van der Waals surface area contributed by atoms with Crippen LogP contribution < -0.4 is 10.6 Å². The number of fused-ring (bicyclic) bond motifs is 1. The molecule has 4 heteroatoms. The number of nitrogens with one attached hydrogen (secondary N) is 2. The highest BCUT2D eigenvalue weighted by molar-refractivity contribution is 6.31. The maximum atomic E-state index is 11.5. The lowest BCUT2D eigenvalue weighted by Gasteiger charge is -2.07. The molecular weight excluding hydrogens is 200 g/mol. The SMILES string of the molecule is CNC1C(=O)Nc2c(C)cc(Cl)cc21. The zero-order chi connectivity index (χ0) is 10.3. The van der Waals surface area contributed by atoms with E-state index in [0.29, 0.717) is 5.02 Å². The number of rotatable bonds is 1. The summed E-state index contributed by atoms with van der Waals surface area (Å²) in [5.41, 5.74) is 2.82. The standard InChI is InChI=1S/C10H11ClN2O/c1-5-3-6(11)4-7-8(5)13-10(14)9(7)12-2/h3-4,9,12H,1-2H3,(H,13,14). The van der Waals surface area contributed by atoms with Crippen molar-refractivity contribution in [3.63, 3.8) is 0 Å². The van der Waals surface area contributed by atoms with Crippen molar-refractivity contribution in [2.24, 2.45) is 0 Å². The summed E-state index contributed by atoms with van der Waals surface area (Å²) in [6, 6.07) is 3.39. The van der Waals surface area contributed by atoms with Crippen molar-refractivity contribution in [1.29, 1.82) is 0 Å². The molecule has 2 N–H and O–H groups in total. The van der Waals surface area contributed by atoms with Crippen LogP contribution >= 0.6 is 11.6 Å². The van der Waals surface area contributed by atoms with Gasteiger partial charge in [0.25, 0.3) is 0 Å². The van der Waals surface area contributed by atoms with E-state index in [9.17, 15) is 4.79 Å². The summed E-state index contributed by atoms with van der Waals surface area (Å²) in [5, 5.41) is 6.45. The van der Waals surface area contributed by atoms with E-state index < -0.39 is 0 Å². The predicted molar refractivity (Wildman–Crippen MR) is 56.6 cm³/mol. The first kappa shape index (κ1) is 9.49. The Bertz CT molecular complexity index is 403. The molecule has 0 saturated carbocycles. The minimum atomic E-state index is -0.276. The van der Waals surface area contributed by atoms with E-state index in [1.807, 2.05) is 19.1 Å². The van der Waals surface area contributed by atoms with Gasteiger partial charge in [0, 0.05) is 16.3 Å². The lowest BCUT2D eigenvalue weighted by Crippen LogP contribution is -2.23. The Morgan fingerprint density at radius 3 is 2.86 bits per heavy atom. The maximum absolute atomic E-state index is 11.5. The highest BCUT2D eigenvalue weighted by Gasteiger charge is 2.30. The molecule has 0 bridgehead atoms. The number of benzene rings is 1. The molecule has 0 spiro atoms. The number of amides is 1. The van der Waals surface area contributed by atoms with Gasteiger partial charge >= 0.3 is 0 Å². The third-order valence-corrected chi connectivity index (χ3v) is 2.66. The Morgan fingerprint density at radius 2 is 2.21 bits per heavy atom. The normalized spacial score (nSPS) is 19.4.